The van der Waals surface area contributed by atoms with Gasteiger partial charge in [-0.15, -0.1) is 0 Å². The molecule has 1 aliphatic carbocycles. The molecule has 2 nitrogen and oxygen atoms in total. The molecule has 12 heavy (non-hydrogen) atoms. The first-order chi connectivity index (χ1) is 5.97. The second-order valence-electron chi connectivity index (χ2n) is 3.58. The molecule has 0 atom stereocenters. The van der Waals surface area contributed by atoms with E-state index < -0.39 is 0 Å². The van der Waals surface area contributed by atoms with E-state index in [4.69, 9.17) is 0 Å². The van der Waals surface area contributed by atoms with E-state index in [1.165, 1.54) is 52.2 Å². The molecule has 0 unspecified atom stereocenters. The average Bonchev–Trinajstić information content (AvgIpc) is 2.48. The van der Waals surface area contributed by atoms with Gasteiger partial charge in [0.2, 0.25) is 0 Å². The molecule has 66 valence electrons. The molecule has 1 fully saturated rings. The maximum absolute atomic E-state index is 4.05. The summed E-state index contributed by atoms with van der Waals surface area (Å²) in [6.07, 6.45) is 10.5. The number of H-pyrrole nitrogens is 1. The SMILES string of the molecule is c1n[nH]pc1C1CCCCCC1. The van der Waals surface area contributed by atoms with E-state index in [1.54, 1.807) is 0 Å². The summed E-state index contributed by atoms with van der Waals surface area (Å²) in [4.78, 5) is 2.99. The first-order valence-corrected chi connectivity index (χ1v) is 5.72. The van der Waals surface area contributed by atoms with Crippen LogP contribution in [0.15, 0.2) is 6.20 Å². The largest absolute Gasteiger partial charge is 0.260 e. The summed E-state index contributed by atoms with van der Waals surface area (Å²) in [6.45, 7) is 0. The molecule has 0 bridgehead atoms. The van der Waals surface area contributed by atoms with E-state index >= 15 is 0 Å². The molecular weight excluding hydrogens is 167 g/mol. The Hall–Kier alpha value is -0.360. The van der Waals surface area contributed by atoms with Crippen LogP contribution in [-0.4, -0.2) is 9.96 Å². The van der Waals surface area contributed by atoms with E-state index in [9.17, 15) is 0 Å². The fourth-order valence-electron chi connectivity index (χ4n) is 1.98. The zero-order valence-corrected chi connectivity index (χ0v) is 8.19. The van der Waals surface area contributed by atoms with Gasteiger partial charge in [-0.05, 0) is 18.8 Å². The maximum Gasteiger partial charge on any atom is 0.0570 e. The van der Waals surface area contributed by atoms with E-state index in [1.807, 2.05) is 6.20 Å². The molecule has 0 aromatic carbocycles. The predicted octanol–water partition coefficient (Wildman–Crippen LogP) is 3.43. The Labute approximate surface area is 74.9 Å². The third-order valence-corrected chi connectivity index (χ3v) is 3.66. The minimum Gasteiger partial charge on any atom is -0.260 e. The van der Waals surface area contributed by atoms with Crippen molar-refractivity contribution in [3.05, 3.63) is 11.5 Å². The van der Waals surface area contributed by atoms with Gasteiger partial charge < -0.3 is 0 Å². The van der Waals surface area contributed by atoms with Crippen LogP contribution < -0.4 is 0 Å². The highest BCUT2D eigenvalue weighted by Gasteiger charge is 2.14. The minimum atomic E-state index is 0.827. The molecule has 1 saturated carbocycles. The highest BCUT2D eigenvalue weighted by molar-refractivity contribution is 7.26. The van der Waals surface area contributed by atoms with E-state index in [0.717, 1.165) is 5.92 Å². The lowest BCUT2D eigenvalue weighted by molar-refractivity contribution is 0.601. The summed E-state index contributed by atoms with van der Waals surface area (Å²) in [5.74, 6) is 0.827. The smallest absolute Gasteiger partial charge is 0.0570 e. The van der Waals surface area contributed by atoms with Crippen molar-refractivity contribution in [2.45, 2.75) is 44.4 Å². The zero-order chi connectivity index (χ0) is 8.23. The van der Waals surface area contributed by atoms with Crippen molar-refractivity contribution in [2.75, 3.05) is 0 Å². The summed E-state index contributed by atoms with van der Waals surface area (Å²) < 4.78 is 0. The molecule has 0 amide bonds. The van der Waals surface area contributed by atoms with Gasteiger partial charge in [0.1, 0.15) is 0 Å². The second-order valence-corrected chi connectivity index (χ2v) is 4.52. The summed E-state index contributed by atoms with van der Waals surface area (Å²) in [7, 11) is 1.24. The van der Waals surface area contributed by atoms with Crippen LogP contribution in [0.1, 0.15) is 49.7 Å². The lowest BCUT2D eigenvalue weighted by atomic mass is 9.99. The topological polar surface area (TPSA) is 28.7 Å². The van der Waals surface area contributed by atoms with Crippen molar-refractivity contribution in [2.24, 2.45) is 0 Å². The Morgan fingerprint density at radius 3 is 2.58 bits per heavy atom. The number of aromatic nitrogens is 2. The molecule has 1 heterocycles. The first-order valence-electron chi connectivity index (χ1n) is 4.82. The molecule has 0 aliphatic heterocycles. The van der Waals surface area contributed by atoms with Crippen LogP contribution in [0.2, 0.25) is 0 Å². The monoisotopic (exact) mass is 182 g/mol. The van der Waals surface area contributed by atoms with E-state index in [0.29, 0.717) is 0 Å². The third kappa shape index (κ3) is 1.87. The molecule has 1 aromatic heterocycles. The molecule has 1 aromatic rings. The predicted molar refractivity (Wildman–Crippen MR) is 51.5 cm³/mol. The van der Waals surface area contributed by atoms with Crippen molar-refractivity contribution >= 4 is 8.35 Å². The number of aromatic amines is 1. The highest BCUT2D eigenvalue weighted by atomic mass is 31.0. The average molecular weight is 182 g/mol. The number of hydrogen-bond acceptors (Lipinski definition) is 1. The number of hydrogen-bond donors (Lipinski definition) is 1. The molecule has 3 heteroatoms. The van der Waals surface area contributed by atoms with Crippen molar-refractivity contribution < 1.29 is 0 Å². The van der Waals surface area contributed by atoms with Gasteiger partial charge in [-0.2, -0.15) is 5.10 Å². The maximum atomic E-state index is 4.05. The number of nitrogens with one attached hydrogen (secondary N) is 1. The molecule has 0 saturated heterocycles. The fraction of sp³-hybridized carbons (Fsp3) is 0.778. The third-order valence-electron chi connectivity index (χ3n) is 2.71. The van der Waals surface area contributed by atoms with Crippen molar-refractivity contribution in [3.8, 4) is 0 Å². The Balaban J connectivity index is 2.02. The van der Waals surface area contributed by atoms with Gasteiger partial charge >= 0.3 is 0 Å². The standard InChI is InChI=1S/C9H15N2P/c1-2-4-6-8(5-3-1)9-7-10-11-12-9/h7-8H,1-6H2,(H,10,11). The zero-order valence-electron chi connectivity index (χ0n) is 7.29. The Bertz CT molecular complexity index is 212. The van der Waals surface area contributed by atoms with Gasteiger partial charge in [-0.3, -0.25) is 4.86 Å². The van der Waals surface area contributed by atoms with Crippen molar-refractivity contribution in [3.63, 3.8) is 0 Å². The van der Waals surface area contributed by atoms with Gasteiger partial charge in [-0.1, -0.05) is 25.7 Å². The molecule has 1 aliphatic rings. The van der Waals surface area contributed by atoms with Crippen LogP contribution in [0.25, 0.3) is 0 Å². The molecule has 0 radical (unpaired) electrons. The molecule has 2 rings (SSSR count). The molecule has 0 spiro atoms. The van der Waals surface area contributed by atoms with Crippen LogP contribution in [-0.2, 0) is 0 Å². The lowest BCUT2D eigenvalue weighted by Crippen LogP contribution is -1.92. The van der Waals surface area contributed by atoms with Crippen molar-refractivity contribution in [1.29, 1.82) is 0 Å². The Morgan fingerprint density at radius 2 is 2.00 bits per heavy atom. The summed E-state index contributed by atoms with van der Waals surface area (Å²) in [5.41, 5.74) is 0. The lowest BCUT2D eigenvalue weighted by Gasteiger charge is -2.09. The second kappa shape index (κ2) is 4.04. The molecule has 1 N–H and O–H groups in total. The highest BCUT2D eigenvalue weighted by Crippen LogP contribution is 2.33. The quantitative estimate of drug-likeness (QED) is 0.662. The summed E-state index contributed by atoms with van der Waals surface area (Å²) in [6, 6.07) is 0. The van der Waals surface area contributed by atoms with Crippen LogP contribution in [0.4, 0.5) is 0 Å². The van der Waals surface area contributed by atoms with E-state index in [2.05, 4.69) is 9.96 Å². The number of rotatable bonds is 1. The summed E-state index contributed by atoms with van der Waals surface area (Å²) in [5, 5.41) is 5.56. The minimum absolute atomic E-state index is 0.827. The van der Waals surface area contributed by atoms with E-state index in [-0.39, 0.29) is 0 Å². The fourth-order valence-corrected chi connectivity index (χ4v) is 2.77. The Morgan fingerprint density at radius 1 is 1.25 bits per heavy atom. The van der Waals surface area contributed by atoms with Gasteiger partial charge in [0, 0.05) is 13.6 Å². The normalized spacial score (nSPS) is 21.3. The van der Waals surface area contributed by atoms with Gasteiger partial charge in [0.05, 0.1) is 6.20 Å². The van der Waals surface area contributed by atoms with Crippen LogP contribution in [0.3, 0.4) is 0 Å². The van der Waals surface area contributed by atoms with Crippen molar-refractivity contribution in [1.82, 2.24) is 9.96 Å². The molecular formula is C9H15N2P. The van der Waals surface area contributed by atoms with Crippen LogP contribution in [0, 0.1) is 0 Å². The van der Waals surface area contributed by atoms with Gasteiger partial charge in [0.15, 0.2) is 0 Å². The first kappa shape index (κ1) is 8.25. The van der Waals surface area contributed by atoms with Crippen LogP contribution in [0.5, 0.6) is 0 Å². The Kier molecular flexibility index (Phi) is 2.78. The van der Waals surface area contributed by atoms with Crippen LogP contribution >= 0.6 is 8.35 Å². The summed E-state index contributed by atoms with van der Waals surface area (Å²) >= 11 is 0. The van der Waals surface area contributed by atoms with Gasteiger partial charge in [-0.25, -0.2) is 0 Å². The van der Waals surface area contributed by atoms with Gasteiger partial charge in [0.25, 0.3) is 0 Å². The number of nitrogens with zero attached hydrogens (tertiary/aromatic N) is 1.